The van der Waals surface area contributed by atoms with Crippen LogP contribution in [0.5, 0.6) is 5.75 Å². The molecule has 2 aromatic carbocycles. The Bertz CT molecular complexity index is 1340. The second-order valence-corrected chi connectivity index (χ2v) is 10.8. The Balaban J connectivity index is 1.49. The number of carboxylic acids is 1. The van der Waals surface area contributed by atoms with E-state index in [2.05, 4.69) is 17.9 Å². The molecule has 0 spiro atoms. The highest BCUT2D eigenvalue weighted by Gasteiger charge is 2.49. The minimum atomic E-state index is -0.852. The maximum Gasteiger partial charge on any atom is 0.309 e. The van der Waals surface area contributed by atoms with Gasteiger partial charge in [0.05, 0.1) is 19.6 Å². The third-order valence-electron chi connectivity index (χ3n) is 8.23. The van der Waals surface area contributed by atoms with E-state index < -0.39 is 17.9 Å². The fraction of sp³-hybridized carbons (Fsp3) is 0.394. The summed E-state index contributed by atoms with van der Waals surface area (Å²) in [4.78, 5) is 30.8. The molecule has 1 fully saturated rings. The number of carbonyl (C=O) groups excluding carboxylic acids is 1. The lowest BCUT2D eigenvalue weighted by atomic mass is 9.79. The molecular formula is C33H38N2O5. The van der Waals surface area contributed by atoms with Crippen molar-refractivity contribution >= 4 is 17.6 Å². The van der Waals surface area contributed by atoms with E-state index in [-0.39, 0.29) is 18.4 Å². The summed E-state index contributed by atoms with van der Waals surface area (Å²) in [6.07, 6.45) is 8.58. The SMILES string of the molecule is CCCCN(C(=O)CN1C[C@H](C2=CC=C3OCC=C3C2)[C@H](C(=O)O)[C@H]1c1ccc(OC)cc1)c1cccc(C)c1. The number of ether oxygens (including phenoxy) is 2. The van der Waals surface area contributed by atoms with Crippen molar-refractivity contribution in [3.63, 3.8) is 0 Å². The number of nitrogens with zero attached hydrogens (tertiary/aromatic N) is 2. The third-order valence-corrected chi connectivity index (χ3v) is 8.23. The molecular weight excluding hydrogens is 504 g/mol. The molecule has 2 aliphatic heterocycles. The molecule has 0 unspecified atom stereocenters. The number of allylic oxidation sites excluding steroid dienone is 3. The summed E-state index contributed by atoms with van der Waals surface area (Å²) in [6, 6.07) is 15.1. The van der Waals surface area contributed by atoms with Gasteiger partial charge in [-0.25, -0.2) is 0 Å². The molecule has 40 heavy (non-hydrogen) atoms. The van der Waals surface area contributed by atoms with Crippen LogP contribution in [0.1, 0.15) is 43.4 Å². The Hall–Kier alpha value is -3.84. The topological polar surface area (TPSA) is 79.3 Å². The van der Waals surface area contributed by atoms with Crippen molar-refractivity contribution in [1.29, 1.82) is 0 Å². The number of aliphatic carboxylic acids is 1. The number of benzene rings is 2. The van der Waals surface area contributed by atoms with Gasteiger partial charge in [-0.15, -0.1) is 0 Å². The first-order valence-electron chi connectivity index (χ1n) is 14.1. The number of unbranched alkanes of at least 4 members (excludes halogenated alkanes) is 1. The van der Waals surface area contributed by atoms with Crippen molar-refractivity contribution in [2.45, 2.75) is 39.2 Å². The van der Waals surface area contributed by atoms with Crippen molar-refractivity contribution in [3.8, 4) is 5.75 Å². The molecule has 1 amide bonds. The summed E-state index contributed by atoms with van der Waals surface area (Å²) in [5, 5.41) is 10.6. The fourth-order valence-corrected chi connectivity index (χ4v) is 6.19. The van der Waals surface area contributed by atoms with Crippen molar-refractivity contribution in [1.82, 2.24) is 4.90 Å². The van der Waals surface area contributed by atoms with Gasteiger partial charge >= 0.3 is 5.97 Å². The average Bonchev–Trinajstić information content (AvgIpc) is 3.58. The highest BCUT2D eigenvalue weighted by atomic mass is 16.5. The summed E-state index contributed by atoms with van der Waals surface area (Å²) in [5.74, 6) is -0.229. The van der Waals surface area contributed by atoms with E-state index in [0.717, 1.165) is 46.6 Å². The molecule has 210 valence electrons. The second kappa shape index (κ2) is 12.1. The summed E-state index contributed by atoms with van der Waals surface area (Å²) in [6.45, 7) is 5.93. The number of anilines is 1. The summed E-state index contributed by atoms with van der Waals surface area (Å²) in [5.41, 5.74) is 5.03. The summed E-state index contributed by atoms with van der Waals surface area (Å²) < 4.78 is 11.0. The third kappa shape index (κ3) is 5.70. The molecule has 1 aliphatic carbocycles. The van der Waals surface area contributed by atoms with E-state index in [0.29, 0.717) is 31.9 Å². The Kier molecular flexibility index (Phi) is 8.40. The highest BCUT2D eigenvalue weighted by Crippen LogP contribution is 2.47. The number of fused-ring (bicyclic) bond motifs is 1. The van der Waals surface area contributed by atoms with Crippen LogP contribution in [0.3, 0.4) is 0 Å². The maximum atomic E-state index is 14.0. The molecule has 0 saturated carbocycles. The first-order chi connectivity index (χ1) is 19.4. The van der Waals surface area contributed by atoms with Crippen molar-refractivity contribution in [2.24, 2.45) is 11.8 Å². The molecule has 3 atom stereocenters. The minimum Gasteiger partial charge on any atom is -0.497 e. The van der Waals surface area contributed by atoms with Gasteiger partial charge < -0.3 is 19.5 Å². The zero-order valence-corrected chi connectivity index (χ0v) is 23.5. The van der Waals surface area contributed by atoms with Crippen LogP contribution in [0.2, 0.25) is 0 Å². The predicted octanol–water partition coefficient (Wildman–Crippen LogP) is 5.68. The molecule has 2 aromatic rings. The number of methoxy groups -OCH3 is 1. The Morgan fingerprint density at radius 3 is 2.65 bits per heavy atom. The standard InChI is InChI=1S/C33H38N2O5/c1-4-5-16-35(26-8-6-7-22(2)18-26)30(36)21-34-20-28(24-11-14-29-25(19-24)15-17-40-29)31(33(37)38)32(34)23-9-12-27(39-3)13-10-23/h6-15,18,28,31-32H,4-5,16-17,19-21H2,1-3H3,(H,37,38)/t28-,31+,32-/m1/s1. The maximum absolute atomic E-state index is 14.0. The van der Waals surface area contributed by atoms with Gasteiger partial charge in [0, 0.05) is 30.7 Å². The number of carbonyl (C=O) groups is 2. The first kappa shape index (κ1) is 27.7. The van der Waals surface area contributed by atoms with Gasteiger partial charge in [0.2, 0.25) is 5.91 Å². The second-order valence-electron chi connectivity index (χ2n) is 10.8. The van der Waals surface area contributed by atoms with Crippen LogP contribution in [0.15, 0.2) is 83.7 Å². The zero-order valence-electron chi connectivity index (χ0n) is 23.5. The van der Waals surface area contributed by atoms with Gasteiger partial charge in [-0.3, -0.25) is 14.5 Å². The molecule has 1 saturated heterocycles. The van der Waals surface area contributed by atoms with Gasteiger partial charge in [-0.05, 0) is 72.9 Å². The predicted molar refractivity (Wildman–Crippen MR) is 155 cm³/mol. The van der Waals surface area contributed by atoms with Gasteiger partial charge in [0.25, 0.3) is 0 Å². The minimum absolute atomic E-state index is 0.0194. The Morgan fingerprint density at radius 1 is 1.15 bits per heavy atom. The molecule has 0 radical (unpaired) electrons. The summed E-state index contributed by atoms with van der Waals surface area (Å²) in [7, 11) is 1.61. The number of amides is 1. The van der Waals surface area contributed by atoms with Crippen molar-refractivity contribution < 1.29 is 24.2 Å². The monoisotopic (exact) mass is 542 g/mol. The van der Waals surface area contributed by atoms with E-state index in [1.165, 1.54) is 0 Å². The van der Waals surface area contributed by atoms with Gasteiger partial charge in [-0.1, -0.05) is 49.3 Å². The van der Waals surface area contributed by atoms with Crippen LogP contribution in [-0.2, 0) is 14.3 Å². The Morgan fingerprint density at radius 2 is 1.95 bits per heavy atom. The number of rotatable bonds is 10. The normalized spacial score (nSPS) is 22.1. The molecule has 1 N–H and O–H groups in total. The number of likely N-dealkylation sites (tertiary alicyclic amines) is 1. The summed E-state index contributed by atoms with van der Waals surface area (Å²) >= 11 is 0. The van der Waals surface area contributed by atoms with E-state index in [1.54, 1.807) is 7.11 Å². The average molecular weight is 543 g/mol. The Labute approximate surface area is 236 Å². The van der Waals surface area contributed by atoms with E-state index in [4.69, 9.17) is 9.47 Å². The van der Waals surface area contributed by atoms with Crippen LogP contribution in [0, 0.1) is 18.8 Å². The largest absolute Gasteiger partial charge is 0.497 e. The van der Waals surface area contributed by atoms with Crippen molar-refractivity contribution in [2.75, 3.05) is 38.3 Å². The molecule has 7 heteroatoms. The van der Waals surface area contributed by atoms with Gasteiger partial charge in [0.15, 0.2) is 0 Å². The number of carboxylic acid groups (broad SMARTS) is 1. The highest BCUT2D eigenvalue weighted by molar-refractivity contribution is 5.95. The number of hydrogen-bond donors (Lipinski definition) is 1. The van der Waals surface area contributed by atoms with Gasteiger partial charge in [-0.2, -0.15) is 0 Å². The zero-order chi connectivity index (χ0) is 28.2. The lowest BCUT2D eigenvalue weighted by Gasteiger charge is -2.30. The molecule has 5 rings (SSSR count). The van der Waals surface area contributed by atoms with Crippen LogP contribution in [0.4, 0.5) is 5.69 Å². The van der Waals surface area contributed by atoms with E-state index in [1.807, 2.05) is 72.5 Å². The van der Waals surface area contributed by atoms with Crippen LogP contribution in [-0.4, -0.2) is 55.2 Å². The lowest BCUT2D eigenvalue weighted by Crippen LogP contribution is -2.41. The van der Waals surface area contributed by atoms with Crippen LogP contribution in [0.25, 0.3) is 0 Å². The first-order valence-corrected chi connectivity index (χ1v) is 14.1. The number of hydrogen-bond acceptors (Lipinski definition) is 5. The molecule has 7 nitrogen and oxygen atoms in total. The fourth-order valence-electron chi connectivity index (χ4n) is 6.19. The van der Waals surface area contributed by atoms with E-state index >= 15 is 0 Å². The number of aryl methyl sites for hydroxylation is 1. The lowest BCUT2D eigenvalue weighted by molar-refractivity contribution is -0.143. The van der Waals surface area contributed by atoms with E-state index in [9.17, 15) is 14.7 Å². The smallest absolute Gasteiger partial charge is 0.309 e. The molecule has 2 heterocycles. The van der Waals surface area contributed by atoms with Crippen LogP contribution >= 0.6 is 0 Å². The van der Waals surface area contributed by atoms with Crippen LogP contribution < -0.4 is 9.64 Å². The quantitative estimate of drug-likeness (QED) is 0.416. The molecule has 3 aliphatic rings. The molecule has 0 bridgehead atoms. The molecule has 0 aromatic heterocycles. The van der Waals surface area contributed by atoms with Gasteiger partial charge in [0.1, 0.15) is 18.1 Å². The van der Waals surface area contributed by atoms with Crippen molar-refractivity contribution in [3.05, 3.63) is 94.8 Å².